The Hall–Kier alpha value is -5.20. The molecule has 8 nitrogen and oxygen atoms in total. The monoisotopic (exact) mass is 674 g/mol. The Morgan fingerprint density at radius 1 is 1.04 bits per heavy atom. The van der Waals surface area contributed by atoms with Crippen molar-refractivity contribution in [2.45, 2.75) is 53.9 Å². The van der Waals surface area contributed by atoms with E-state index in [4.69, 9.17) is 16.6 Å². The topological polar surface area (TPSA) is 117 Å². The summed E-state index contributed by atoms with van der Waals surface area (Å²) in [6.45, 7) is 8.84. The van der Waals surface area contributed by atoms with Gasteiger partial charge in [-0.1, -0.05) is 19.8 Å². The molecule has 1 heterocycles. The summed E-state index contributed by atoms with van der Waals surface area (Å²) in [7, 11) is 0. The first-order valence-corrected chi connectivity index (χ1v) is 13.4. The maximum Gasteiger partial charge on any atom is 0.418 e. The number of hydrogen-bond donors (Lipinski definition) is 3. The number of phenolic OH excluding ortho intramolecular Hbond substituents is 1. The summed E-state index contributed by atoms with van der Waals surface area (Å²) in [5.41, 5.74) is -5.19. The van der Waals surface area contributed by atoms with Crippen LogP contribution in [-0.4, -0.2) is 39.3 Å². The summed E-state index contributed by atoms with van der Waals surface area (Å²) in [6.07, 6.45) is -4.34. The number of hydrogen-bond acceptors (Lipinski definition) is 6. The van der Waals surface area contributed by atoms with E-state index < -0.39 is 63.7 Å². The molecule has 0 fully saturated rings. The van der Waals surface area contributed by atoms with Crippen LogP contribution >= 0.6 is 0 Å². The van der Waals surface area contributed by atoms with Gasteiger partial charge in [0.2, 0.25) is 5.91 Å². The van der Waals surface area contributed by atoms with Crippen LogP contribution in [0.5, 0.6) is 11.5 Å². The Labute approximate surface area is 264 Å². The summed E-state index contributed by atoms with van der Waals surface area (Å²) < 4.78 is 109. The number of nitrogens with zero attached hydrogens (tertiary/aromatic N) is 2. The third kappa shape index (κ3) is 11.0. The summed E-state index contributed by atoms with van der Waals surface area (Å²) in [4.78, 5) is 23.5. The molecule has 0 unspecified atom stereocenters. The number of ether oxygens (including phenoxy) is 1. The Morgan fingerprint density at radius 2 is 1.62 bits per heavy atom. The zero-order chi connectivity index (χ0) is 36.4. The van der Waals surface area contributed by atoms with Gasteiger partial charge in [-0.2, -0.15) is 36.1 Å². The van der Waals surface area contributed by atoms with E-state index in [0.717, 1.165) is 38.1 Å². The van der Waals surface area contributed by atoms with Crippen molar-refractivity contribution in [3.05, 3.63) is 86.4 Å². The van der Waals surface area contributed by atoms with Crippen LogP contribution in [0.1, 0.15) is 43.2 Å². The van der Waals surface area contributed by atoms with E-state index in [0.29, 0.717) is 16.3 Å². The number of terminal acetylenes is 1. The number of carbonyl (C=O) groups is 1. The van der Waals surface area contributed by atoms with Gasteiger partial charge in [-0.05, 0) is 51.0 Å². The lowest BCUT2D eigenvalue weighted by Gasteiger charge is -2.12. The lowest BCUT2D eigenvalue weighted by atomic mass is 10.1. The van der Waals surface area contributed by atoms with Crippen molar-refractivity contribution in [2.24, 2.45) is 0 Å². The van der Waals surface area contributed by atoms with E-state index in [1.807, 2.05) is 19.2 Å². The fraction of sp³-hybridized carbons (Fsp3) is 0.290. The van der Waals surface area contributed by atoms with Crippen LogP contribution in [0.4, 0.5) is 40.8 Å². The molecule has 2 aromatic carbocycles. The molecule has 1 aromatic heterocycles. The summed E-state index contributed by atoms with van der Waals surface area (Å²) in [5.74, 6) is -0.837. The van der Waals surface area contributed by atoms with Gasteiger partial charge < -0.3 is 20.6 Å². The number of phenols is 1. The van der Waals surface area contributed by atoms with Gasteiger partial charge in [-0.3, -0.25) is 9.59 Å². The molecule has 47 heavy (non-hydrogen) atoms. The number of allylic oxidation sites excluding steroid dienone is 1. The van der Waals surface area contributed by atoms with Gasteiger partial charge in [0.25, 0.3) is 5.56 Å². The van der Waals surface area contributed by atoms with Gasteiger partial charge in [0.1, 0.15) is 35.4 Å². The number of aromatic nitrogens is 2. The number of alkyl halides is 6. The molecule has 0 aliphatic rings. The van der Waals surface area contributed by atoms with E-state index >= 15 is 0 Å². The predicted octanol–water partition coefficient (Wildman–Crippen LogP) is 7.35. The molecule has 0 radical (unpaired) electrons. The Bertz CT molecular complexity index is 1750. The fourth-order valence-electron chi connectivity index (χ4n) is 3.54. The van der Waals surface area contributed by atoms with Crippen LogP contribution in [0.3, 0.4) is 0 Å². The van der Waals surface area contributed by atoms with Gasteiger partial charge in [0.15, 0.2) is 0 Å². The molecule has 0 bridgehead atoms. The minimum atomic E-state index is -4.87. The molecule has 1 amide bonds. The van der Waals surface area contributed by atoms with Gasteiger partial charge in [0, 0.05) is 30.0 Å². The standard InChI is InChI=1S/C16H14F4N2O2.C13H10F4N2O2.C2H6/c1-4-5-24-14-8-13(12(17)6-9(14)2)22-15(23)7-11(10(3)21)16(18,19)20;1-6-3-9(14)10(5-11(6)20)19-12(21)4-8(7(2)18-19)13(15,16)17;1-2/h1,6-8,21H,5H2,2-3H3,(H,22,23);3-5,20H,1-2H3;1-2H3/b11-7+,21-10?;;. The zero-order valence-electron chi connectivity index (χ0n) is 25.8. The van der Waals surface area contributed by atoms with Crippen LogP contribution in [0.25, 0.3) is 5.69 Å². The first kappa shape index (κ1) is 39.8. The number of anilines is 1. The van der Waals surface area contributed by atoms with E-state index in [2.05, 4.69) is 11.0 Å². The first-order chi connectivity index (χ1) is 21.7. The van der Waals surface area contributed by atoms with E-state index in [-0.39, 0.29) is 35.4 Å². The van der Waals surface area contributed by atoms with Gasteiger partial charge in [-0.25, -0.2) is 8.78 Å². The second-order valence-corrected chi connectivity index (χ2v) is 9.24. The normalized spacial score (nSPS) is 11.3. The van der Waals surface area contributed by atoms with Gasteiger partial charge in [-0.15, -0.1) is 6.42 Å². The van der Waals surface area contributed by atoms with Crippen molar-refractivity contribution in [3.63, 3.8) is 0 Å². The zero-order valence-corrected chi connectivity index (χ0v) is 25.8. The number of carbonyl (C=O) groups excluding carboxylic acids is 1. The number of aromatic hydroxyl groups is 1. The molecular weight excluding hydrogens is 644 g/mol. The molecule has 0 atom stereocenters. The molecular formula is C31H30F8N4O4. The van der Waals surface area contributed by atoms with Crippen molar-refractivity contribution in [1.29, 1.82) is 5.41 Å². The minimum absolute atomic E-state index is 0.0923. The second kappa shape index (κ2) is 16.4. The average molecular weight is 675 g/mol. The first-order valence-electron chi connectivity index (χ1n) is 13.4. The summed E-state index contributed by atoms with van der Waals surface area (Å²) >= 11 is 0. The van der Waals surface area contributed by atoms with Crippen molar-refractivity contribution < 1.29 is 49.8 Å². The third-order valence-corrected chi connectivity index (χ3v) is 5.73. The number of amides is 1. The minimum Gasteiger partial charge on any atom is -0.508 e. The lowest BCUT2D eigenvalue weighted by Crippen LogP contribution is -2.26. The number of benzene rings is 2. The fourth-order valence-corrected chi connectivity index (χ4v) is 3.54. The highest BCUT2D eigenvalue weighted by Gasteiger charge is 2.36. The maximum atomic E-state index is 13.8. The highest BCUT2D eigenvalue weighted by molar-refractivity contribution is 6.07. The van der Waals surface area contributed by atoms with Crippen molar-refractivity contribution in [3.8, 4) is 29.5 Å². The molecule has 254 valence electrons. The molecule has 3 N–H and O–H groups in total. The van der Waals surface area contributed by atoms with Crippen LogP contribution < -0.4 is 15.6 Å². The van der Waals surface area contributed by atoms with Crippen molar-refractivity contribution in [2.75, 3.05) is 11.9 Å². The summed E-state index contributed by atoms with van der Waals surface area (Å²) in [6, 6.07) is 4.42. The molecule has 0 saturated heterocycles. The molecule has 0 aliphatic heterocycles. The molecule has 16 heteroatoms. The quantitative estimate of drug-likeness (QED) is 0.109. The third-order valence-electron chi connectivity index (χ3n) is 5.73. The summed E-state index contributed by atoms with van der Waals surface area (Å²) in [5, 5.41) is 22.1. The number of rotatable bonds is 6. The van der Waals surface area contributed by atoms with Crippen LogP contribution in [0.15, 0.2) is 46.8 Å². The van der Waals surface area contributed by atoms with Crippen LogP contribution in [0, 0.1) is 50.2 Å². The van der Waals surface area contributed by atoms with E-state index in [1.54, 1.807) is 6.92 Å². The van der Waals surface area contributed by atoms with Crippen molar-refractivity contribution in [1.82, 2.24) is 9.78 Å². The average Bonchev–Trinajstić information content (AvgIpc) is 2.95. The largest absolute Gasteiger partial charge is 0.508 e. The Morgan fingerprint density at radius 3 is 2.13 bits per heavy atom. The van der Waals surface area contributed by atoms with Crippen LogP contribution in [0.2, 0.25) is 0 Å². The highest BCUT2D eigenvalue weighted by atomic mass is 19.4. The van der Waals surface area contributed by atoms with E-state index in [1.165, 1.54) is 6.92 Å². The van der Waals surface area contributed by atoms with Gasteiger partial charge >= 0.3 is 12.4 Å². The molecule has 0 saturated carbocycles. The van der Waals surface area contributed by atoms with Gasteiger partial charge in [0.05, 0.1) is 22.5 Å². The predicted molar refractivity (Wildman–Crippen MR) is 159 cm³/mol. The Balaban J connectivity index is 0.000000449. The lowest BCUT2D eigenvalue weighted by molar-refractivity contribution is -0.138. The van der Waals surface area contributed by atoms with Crippen molar-refractivity contribution >= 4 is 17.3 Å². The SMILES string of the molecule is C#CCOc1cc(NC(=O)/C=C(\C(C)=N)C(F)(F)F)c(F)cc1C.CC.Cc1cc(F)c(-n2nc(C)c(C(F)(F)F)cc2=O)cc1O. The number of nitrogens with one attached hydrogen (secondary N) is 2. The molecule has 0 spiro atoms. The molecule has 3 aromatic rings. The number of halogens is 8. The van der Waals surface area contributed by atoms with Crippen LogP contribution in [-0.2, 0) is 11.0 Å². The smallest absolute Gasteiger partial charge is 0.418 e. The molecule has 3 rings (SSSR count). The van der Waals surface area contributed by atoms with E-state index in [9.17, 15) is 49.8 Å². The second-order valence-electron chi connectivity index (χ2n) is 9.24. The number of aryl methyl sites for hydroxylation is 3. The highest BCUT2D eigenvalue weighted by Crippen LogP contribution is 2.31. The maximum absolute atomic E-state index is 13.8. The Kier molecular flexibility index (Phi) is 13.9. The molecule has 0 aliphatic carbocycles.